The van der Waals surface area contributed by atoms with Crippen molar-refractivity contribution in [2.45, 2.75) is 60.2 Å². The second kappa shape index (κ2) is 15.6. The summed E-state index contributed by atoms with van der Waals surface area (Å²) in [4.78, 5) is 36.5. The van der Waals surface area contributed by atoms with Crippen molar-refractivity contribution in [1.82, 2.24) is 9.97 Å². The smallest absolute Gasteiger partial charge is 0.356 e. The van der Waals surface area contributed by atoms with Crippen molar-refractivity contribution in [2.75, 3.05) is 42.0 Å². The summed E-state index contributed by atoms with van der Waals surface area (Å²) in [6.45, 7) is 13.7. The number of ether oxygens (including phenoxy) is 1. The summed E-state index contributed by atoms with van der Waals surface area (Å²) < 4.78 is 35.0. The molecule has 1 atom stereocenters. The molecule has 0 radical (unpaired) electrons. The summed E-state index contributed by atoms with van der Waals surface area (Å²) in [7, 11) is -5.23. The lowest BCUT2D eigenvalue weighted by molar-refractivity contribution is -0.108. The molecular weight excluding hydrogens is 533 g/mol. The fourth-order valence-electron chi connectivity index (χ4n) is 2.92. The predicted octanol–water partition coefficient (Wildman–Crippen LogP) is 3.96. The number of carbonyl (C=O) groups is 2. The van der Waals surface area contributed by atoms with Crippen LogP contribution in [0.2, 0.25) is 18.2 Å². The molecule has 0 aromatic carbocycles. The van der Waals surface area contributed by atoms with E-state index in [9.17, 15) is 14.2 Å². The second-order valence-corrected chi connectivity index (χ2v) is 13.6. The highest BCUT2D eigenvalue weighted by Gasteiger charge is 2.30. The van der Waals surface area contributed by atoms with Crippen LogP contribution in [0.1, 0.15) is 41.0 Å². The van der Waals surface area contributed by atoms with Gasteiger partial charge in [0.05, 0.1) is 19.8 Å². The van der Waals surface area contributed by atoms with E-state index >= 15 is 0 Å². The van der Waals surface area contributed by atoms with Gasteiger partial charge in [-0.25, -0.2) is 4.84 Å². The van der Waals surface area contributed by atoms with Gasteiger partial charge < -0.3 is 19.1 Å². The zero-order valence-electron chi connectivity index (χ0n) is 21.8. The van der Waals surface area contributed by atoms with E-state index in [-0.39, 0.29) is 54.2 Å². The summed E-state index contributed by atoms with van der Waals surface area (Å²) in [6, 6.07) is 0. The minimum absolute atomic E-state index is 0.00955. The molecule has 2 N–H and O–H groups in total. The maximum absolute atomic E-state index is 12.8. The van der Waals surface area contributed by atoms with E-state index in [4.69, 9.17) is 34.7 Å². The Hall–Kier alpha value is -1.64. The lowest BCUT2D eigenvalue weighted by Crippen LogP contribution is -2.38. The van der Waals surface area contributed by atoms with E-state index in [0.29, 0.717) is 19.2 Å². The van der Waals surface area contributed by atoms with E-state index < -0.39 is 22.7 Å². The molecule has 1 heterocycles. The van der Waals surface area contributed by atoms with Crippen molar-refractivity contribution in [3.63, 3.8) is 0 Å². The highest BCUT2D eigenvalue weighted by molar-refractivity contribution is 7.53. The van der Waals surface area contributed by atoms with Crippen LogP contribution in [0.15, 0.2) is 0 Å². The first-order valence-corrected chi connectivity index (χ1v) is 16.3. The van der Waals surface area contributed by atoms with Gasteiger partial charge in [-0.1, -0.05) is 32.4 Å². The van der Waals surface area contributed by atoms with Crippen LogP contribution in [0.25, 0.3) is 0 Å². The molecule has 0 aliphatic carbocycles. The number of anilines is 3. The van der Waals surface area contributed by atoms with Gasteiger partial charge in [-0.3, -0.25) is 24.0 Å². The zero-order valence-corrected chi connectivity index (χ0v) is 24.6. The average Bonchev–Trinajstić information content (AvgIpc) is 2.74. The third-order valence-corrected chi connectivity index (χ3v) is 6.69. The van der Waals surface area contributed by atoms with E-state index in [2.05, 4.69) is 20.6 Å². The first-order valence-electron chi connectivity index (χ1n) is 11.4. The minimum atomic E-state index is -3.42. The Morgan fingerprint density at radius 1 is 1.11 bits per heavy atom. The number of amides is 2. The number of nitrogens with zero attached hydrogens (tertiary/aromatic N) is 3. The Morgan fingerprint density at radius 2 is 1.72 bits per heavy atom. The summed E-state index contributed by atoms with van der Waals surface area (Å²) in [5.41, 5.74) is -0.180. The molecule has 36 heavy (non-hydrogen) atoms. The number of hydrogen-bond acceptors (Lipinski definition) is 11. The molecule has 13 nitrogen and oxygen atoms in total. The molecule has 0 saturated carbocycles. The highest BCUT2D eigenvalue weighted by atomic mass is 35.5. The third-order valence-electron chi connectivity index (χ3n) is 4.01. The molecule has 206 valence electrons. The van der Waals surface area contributed by atoms with Gasteiger partial charge in [0.25, 0.3) is 0 Å². The van der Waals surface area contributed by atoms with Crippen molar-refractivity contribution in [2.24, 2.45) is 5.41 Å². The summed E-state index contributed by atoms with van der Waals surface area (Å²) >= 11 is 6.23. The van der Waals surface area contributed by atoms with Crippen molar-refractivity contribution in [3.05, 3.63) is 5.15 Å². The highest BCUT2D eigenvalue weighted by Crippen LogP contribution is 2.48. The molecule has 0 aliphatic rings. The van der Waals surface area contributed by atoms with Gasteiger partial charge in [0.1, 0.15) is 18.1 Å². The van der Waals surface area contributed by atoms with Gasteiger partial charge in [0.15, 0.2) is 5.15 Å². The quantitative estimate of drug-likeness (QED) is 0.0868. The van der Waals surface area contributed by atoms with Gasteiger partial charge in [-0.05, 0) is 38.8 Å². The molecule has 1 aromatic heterocycles. The Kier molecular flexibility index (Phi) is 14.0. The predicted molar refractivity (Wildman–Crippen MR) is 139 cm³/mol. The van der Waals surface area contributed by atoms with Crippen LogP contribution in [-0.2, 0) is 37.3 Å². The first kappa shape index (κ1) is 32.4. The number of rotatable bonds is 18. The fraction of sp³-hybridized carbons (Fsp3) is 0.700. The summed E-state index contributed by atoms with van der Waals surface area (Å²) in [5, 5.41) is 5.67. The molecule has 2 amide bonds. The number of halogens is 1. The number of carbonyl (C=O) groups excluding carboxylic acids is 2. The SMILES string of the molecule is CCOP(=O)(COCC(CC(C)(C)C)ON(O[SiH](C)C)c1nc(NC=O)nc(Cl)c1NC=O)OCC. The lowest BCUT2D eigenvalue weighted by atomic mass is 9.89. The molecule has 0 aliphatic heterocycles. The molecule has 0 bridgehead atoms. The van der Waals surface area contributed by atoms with Crippen LogP contribution in [0.3, 0.4) is 0 Å². The van der Waals surface area contributed by atoms with Crippen LogP contribution < -0.4 is 15.9 Å². The zero-order chi connectivity index (χ0) is 27.4. The van der Waals surface area contributed by atoms with Crippen molar-refractivity contribution in [3.8, 4) is 0 Å². The minimum Gasteiger partial charge on any atom is -0.366 e. The van der Waals surface area contributed by atoms with Gasteiger partial charge in [-0.2, -0.15) is 9.97 Å². The normalized spacial score (nSPS) is 12.9. The molecule has 0 saturated heterocycles. The van der Waals surface area contributed by atoms with E-state index in [1.807, 2.05) is 33.9 Å². The molecule has 1 aromatic rings. The van der Waals surface area contributed by atoms with E-state index in [0.717, 1.165) is 5.23 Å². The molecule has 1 unspecified atom stereocenters. The second-order valence-electron chi connectivity index (χ2n) is 8.91. The Balaban J connectivity index is 3.30. The molecule has 1 rings (SSSR count). The standard InChI is InChI=1S/C20H37ClN5O8PSi/c1-8-31-35(29,32-9-2)14-30-11-15(10-20(3,4)5)33-26(34-36(6)7)18-16(22-12-27)17(21)24-19(25-18)23-13-28/h12-13,15,36H,8-11,14H2,1-7H3,(H,22,27)(H,23,24,25,28). The van der Waals surface area contributed by atoms with E-state index in [1.54, 1.807) is 13.8 Å². The van der Waals surface area contributed by atoms with Crippen molar-refractivity contribution in [1.29, 1.82) is 0 Å². The molecule has 16 heteroatoms. The Bertz CT molecular complexity index is 882. The van der Waals surface area contributed by atoms with Crippen LogP contribution in [0.5, 0.6) is 0 Å². The summed E-state index contributed by atoms with van der Waals surface area (Å²) in [5.74, 6) is -0.150. The molecule has 0 spiro atoms. The van der Waals surface area contributed by atoms with Gasteiger partial charge in [-0.15, -0.1) is 5.23 Å². The van der Waals surface area contributed by atoms with Crippen LogP contribution in [0, 0.1) is 5.41 Å². The first-order chi connectivity index (χ1) is 16.9. The lowest BCUT2D eigenvalue weighted by Gasteiger charge is -2.32. The van der Waals surface area contributed by atoms with E-state index in [1.165, 1.54) is 0 Å². The molecule has 0 fully saturated rings. The largest absolute Gasteiger partial charge is 0.366 e. The topological polar surface area (TPSA) is 150 Å². The van der Waals surface area contributed by atoms with Gasteiger partial charge in [0.2, 0.25) is 33.6 Å². The number of nitrogens with one attached hydrogen (secondary N) is 2. The Morgan fingerprint density at radius 3 is 2.22 bits per heavy atom. The third kappa shape index (κ3) is 11.6. The van der Waals surface area contributed by atoms with Crippen LogP contribution in [0.4, 0.5) is 17.5 Å². The van der Waals surface area contributed by atoms with Gasteiger partial charge in [0, 0.05) is 0 Å². The number of aromatic nitrogens is 2. The maximum Gasteiger partial charge on any atom is 0.356 e. The number of hydrogen-bond donors (Lipinski definition) is 2. The summed E-state index contributed by atoms with van der Waals surface area (Å²) in [6.07, 6.45) is 0.407. The molecular formula is C20H37ClN5O8PSi. The van der Waals surface area contributed by atoms with Crippen LogP contribution >= 0.6 is 19.2 Å². The monoisotopic (exact) mass is 569 g/mol. The van der Waals surface area contributed by atoms with Crippen LogP contribution in [-0.4, -0.2) is 64.1 Å². The Labute approximate surface area is 218 Å². The maximum atomic E-state index is 12.8. The van der Waals surface area contributed by atoms with Crippen molar-refractivity contribution >= 4 is 58.5 Å². The van der Waals surface area contributed by atoms with Gasteiger partial charge >= 0.3 is 7.60 Å². The van der Waals surface area contributed by atoms with Crippen molar-refractivity contribution < 1.29 is 37.3 Å². The average molecular weight is 570 g/mol. The fourth-order valence-corrected chi connectivity index (χ4v) is 5.01.